The van der Waals surface area contributed by atoms with Gasteiger partial charge in [-0.2, -0.15) is 0 Å². The molecule has 0 aromatic carbocycles. The molecule has 0 saturated heterocycles. The summed E-state index contributed by atoms with van der Waals surface area (Å²) in [5, 5.41) is 8.98. The molecule has 18 heavy (non-hydrogen) atoms. The molecule has 0 fully saturated rings. The molecule has 6 nitrogen and oxygen atoms in total. The van der Waals surface area contributed by atoms with Crippen molar-refractivity contribution in [1.82, 2.24) is 9.88 Å². The summed E-state index contributed by atoms with van der Waals surface area (Å²) in [6, 6.07) is 0. The van der Waals surface area contributed by atoms with E-state index in [2.05, 4.69) is 11.6 Å². The van der Waals surface area contributed by atoms with E-state index in [1.54, 1.807) is 0 Å². The molecule has 96 valence electrons. The van der Waals surface area contributed by atoms with Crippen molar-refractivity contribution in [3.63, 3.8) is 0 Å². The normalized spacial score (nSPS) is 13.9. The molecule has 2 heterocycles. The van der Waals surface area contributed by atoms with Crippen molar-refractivity contribution in [2.24, 2.45) is 0 Å². The van der Waals surface area contributed by atoms with Crippen molar-refractivity contribution >= 4 is 12.1 Å². The fourth-order valence-corrected chi connectivity index (χ4v) is 2.01. The number of aromatic amines is 1. The molecule has 0 radical (unpaired) electrons. The number of ether oxygens (including phenoxy) is 1. The summed E-state index contributed by atoms with van der Waals surface area (Å²) < 4.78 is 4.94. The first-order valence-electron chi connectivity index (χ1n) is 5.58. The van der Waals surface area contributed by atoms with E-state index in [1.807, 2.05) is 0 Å². The highest BCUT2D eigenvalue weighted by molar-refractivity contribution is 5.89. The van der Waals surface area contributed by atoms with Crippen molar-refractivity contribution in [2.45, 2.75) is 13.0 Å². The monoisotopic (exact) mass is 250 g/mol. The van der Waals surface area contributed by atoms with Crippen LogP contribution < -0.4 is 0 Å². The molecular formula is C12H14N2O4. The van der Waals surface area contributed by atoms with Gasteiger partial charge in [-0.25, -0.2) is 9.59 Å². The van der Waals surface area contributed by atoms with Gasteiger partial charge in [0.05, 0.1) is 12.1 Å². The van der Waals surface area contributed by atoms with Crippen LogP contribution in [0.25, 0.3) is 0 Å². The number of nitrogens with one attached hydrogen (secondary N) is 1. The van der Waals surface area contributed by atoms with E-state index in [0.717, 1.165) is 11.3 Å². The lowest BCUT2D eigenvalue weighted by Crippen LogP contribution is -2.36. The molecular weight excluding hydrogens is 236 g/mol. The number of fused-ring (bicyclic) bond motifs is 1. The van der Waals surface area contributed by atoms with Gasteiger partial charge in [0.25, 0.3) is 0 Å². The minimum Gasteiger partial charge on any atom is -0.478 e. The second-order valence-electron chi connectivity index (χ2n) is 4.00. The number of aromatic carboxylic acids is 1. The Labute approximate surface area is 104 Å². The van der Waals surface area contributed by atoms with Crippen LogP contribution in [-0.2, 0) is 17.7 Å². The van der Waals surface area contributed by atoms with Crippen molar-refractivity contribution < 1.29 is 19.4 Å². The van der Waals surface area contributed by atoms with Gasteiger partial charge in [0.15, 0.2) is 0 Å². The first kappa shape index (κ1) is 12.2. The molecule has 0 unspecified atom stereocenters. The highest BCUT2D eigenvalue weighted by Gasteiger charge is 2.26. The molecule has 2 rings (SSSR count). The Balaban J connectivity index is 2.09. The van der Waals surface area contributed by atoms with Crippen LogP contribution in [0.5, 0.6) is 0 Å². The molecule has 0 saturated carbocycles. The Morgan fingerprint density at radius 3 is 3.06 bits per heavy atom. The number of nitrogens with zero attached hydrogens (tertiary/aromatic N) is 1. The van der Waals surface area contributed by atoms with Crippen LogP contribution >= 0.6 is 0 Å². The number of carboxylic acids is 1. The lowest BCUT2D eigenvalue weighted by Gasteiger charge is -2.26. The van der Waals surface area contributed by atoms with Gasteiger partial charge >= 0.3 is 12.1 Å². The van der Waals surface area contributed by atoms with Crippen molar-refractivity contribution in [3.05, 3.63) is 35.7 Å². The second-order valence-corrected chi connectivity index (χ2v) is 4.00. The van der Waals surface area contributed by atoms with Crippen LogP contribution in [0.1, 0.15) is 21.6 Å². The second kappa shape index (κ2) is 4.95. The van der Waals surface area contributed by atoms with Crippen LogP contribution in [0.3, 0.4) is 0 Å². The lowest BCUT2D eigenvalue weighted by atomic mass is 10.0. The molecule has 0 bridgehead atoms. The van der Waals surface area contributed by atoms with Crippen molar-refractivity contribution in [3.8, 4) is 0 Å². The van der Waals surface area contributed by atoms with Crippen molar-refractivity contribution in [2.75, 3.05) is 13.2 Å². The predicted molar refractivity (Wildman–Crippen MR) is 63.4 cm³/mol. The highest BCUT2D eigenvalue weighted by Crippen LogP contribution is 2.22. The number of hydrogen-bond acceptors (Lipinski definition) is 3. The van der Waals surface area contributed by atoms with Gasteiger partial charge in [0.2, 0.25) is 0 Å². The molecule has 0 aliphatic carbocycles. The van der Waals surface area contributed by atoms with Crippen LogP contribution in [0.15, 0.2) is 18.9 Å². The minimum absolute atomic E-state index is 0.174. The van der Waals surface area contributed by atoms with Gasteiger partial charge < -0.3 is 19.7 Å². The van der Waals surface area contributed by atoms with Gasteiger partial charge in [-0.1, -0.05) is 12.7 Å². The third-order valence-corrected chi connectivity index (χ3v) is 2.87. The fraction of sp³-hybridized carbons (Fsp3) is 0.333. The summed E-state index contributed by atoms with van der Waals surface area (Å²) in [6.07, 6.45) is 3.08. The number of rotatable bonds is 3. The van der Waals surface area contributed by atoms with Crippen LogP contribution in [0.2, 0.25) is 0 Å². The van der Waals surface area contributed by atoms with E-state index < -0.39 is 12.1 Å². The Bertz CT molecular complexity index is 492. The quantitative estimate of drug-likeness (QED) is 0.794. The number of carbonyl (C=O) groups excluding carboxylic acids is 1. The van der Waals surface area contributed by atoms with E-state index in [4.69, 9.17) is 9.84 Å². The Morgan fingerprint density at radius 1 is 1.61 bits per heavy atom. The zero-order valence-corrected chi connectivity index (χ0v) is 9.81. The maximum atomic E-state index is 11.6. The molecule has 0 atom stereocenters. The minimum atomic E-state index is -0.949. The van der Waals surface area contributed by atoms with E-state index in [9.17, 15) is 9.59 Å². The average Bonchev–Trinajstić information content (AvgIpc) is 2.78. The van der Waals surface area contributed by atoms with Crippen LogP contribution in [0, 0.1) is 0 Å². The molecule has 0 spiro atoms. The van der Waals surface area contributed by atoms with Gasteiger partial charge in [-0.3, -0.25) is 0 Å². The van der Waals surface area contributed by atoms with E-state index in [1.165, 1.54) is 17.2 Å². The maximum Gasteiger partial charge on any atom is 0.410 e. The van der Waals surface area contributed by atoms with Crippen LogP contribution in [0.4, 0.5) is 4.79 Å². The fourth-order valence-electron chi connectivity index (χ4n) is 2.01. The number of carboxylic acid groups (broad SMARTS) is 1. The van der Waals surface area contributed by atoms with E-state index >= 15 is 0 Å². The first-order chi connectivity index (χ1) is 8.63. The standard InChI is InChI=1S/C12H14N2O4/c1-2-5-18-12(17)14-4-3-8-9(11(15)16)6-13-10(8)7-14/h2,6,13H,1,3-5,7H2,(H,15,16). The van der Waals surface area contributed by atoms with E-state index in [-0.39, 0.29) is 12.2 Å². The Hall–Kier alpha value is -2.24. The molecule has 1 aromatic rings. The summed E-state index contributed by atoms with van der Waals surface area (Å²) in [7, 11) is 0. The smallest absolute Gasteiger partial charge is 0.410 e. The highest BCUT2D eigenvalue weighted by atomic mass is 16.6. The molecule has 1 aliphatic rings. The predicted octanol–water partition coefficient (Wildman–Crippen LogP) is 1.39. The number of carbonyl (C=O) groups is 2. The third kappa shape index (κ3) is 2.22. The first-order valence-corrected chi connectivity index (χ1v) is 5.58. The van der Waals surface area contributed by atoms with Crippen LogP contribution in [-0.4, -0.2) is 40.2 Å². The van der Waals surface area contributed by atoms with E-state index in [0.29, 0.717) is 19.5 Å². The summed E-state index contributed by atoms with van der Waals surface area (Å²) in [5.74, 6) is -0.949. The zero-order chi connectivity index (χ0) is 13.1. The summed E-state index contributed by atoms with van der Waals surface area (Å²) in [5.41, 5.74) is 1.81. The zero-order valence-electron chi connectivity index (χ0n) is 9.81. The topological polar surface area (TPSA) is 82.6 Å². The van der Waals surface area contributed by atoms with Crippen molar-refractivity contribution in [1.29, 1.82) is 0 Å². The lowest BCUT2D eigenvalue weighted by molar-refractivity contribution is 0.0695. The Kier molecular flexibility index (Phi) is 3.36. The molecule has 6 heteroatoms. The van der Waals surface area contributed by atoms with Gasteiger partial charge in [-0.05, 0) is 12.0 Å². The third-order valence-electron chi connectivity index (χ3n) is 2.87. The van der Waals surface area contributed by atoms with Gasteiger partial charge in [-0.15, -0.1) is 0 Å². The molecule has 2 N–H and O–H groups in total. The number of hydrogen-bond donors (Lipinski definition) is 2. The van der Waals surface area contributed by atoms with Gasteiger partial charge in [0.1, 0.15) is 6.61 Å². The number of H-pyrrole nitrogens is 1. The summed E-state index contributed by atoms with van der Waals surface area (Å²) in [6.45, 7) is 4.45. The molecule has 1 amide bonds. The number of amides is 1. The SMILES string of the molecule is C=CCOC(=O)N1CCc2c(C(=O)O)c[nH]c2C1. The maximum absolute atomic E-state index is 11.6. The average molecular weight is 250 g/mol. The number of aromatic nitrogens is 1. The largest absolute Gasteiger partial charge is 0.478 e. The summed E-state index contributed by atoms with van der Waals surface area (Å²) >= 11 is 0. The summed E-state index contributed by atoms with van der Waals surface area (Å²) in [4.78, 5) is 27.0. The molecule has 1 aliphatic heterocycles. The Morgan fingerprint density at radius 2 is 2.39 bits per heavy atom. The molecule has 1 aromatic heterocycles. The van der Waals surface area contributed by atoms with Gasteiger partial charge in [0, 0.05) is 18.4 Å².